The van der Waals surface area contributed by atoms with Crippen LogP contribution in [0, 0.1) is 0 Å². The molecule has 3 amide bonds. The number of nitrogens with one attached hydrogen (secondary N) is 2. The molecule has 4 rings (SSSR count). The summed E-state index contributed by atoms with van der Waals surface area (Å²) in [5.41, 5.74) is 1.69. The molecule has 146 valence electrons. The SMILES string of the molecule is COCC(=O)N[C@H]1CCN2C(=O)c3cc(-c4ccco4)ccc3NC(=O)[C@@H]2C1. The van der Waals surface area contributed by atoms with Gasteiger partial charge in [0.25, 0.3) is 5.91 Å². The van der Waals surface area contributed by atoms with E-state index >= 15 is 0 Å². The van der Waals surface area contributed by atoms with Gasteiger partial charge in [-0.1, -0.05) is 0 Å². The van der Waals surface area contributed by atoms with E-state index in [2.05, 4.69) is 10.6 Å². The molecule has 8 heteroatoms. The smallest absolute Gasteiger partial charge is 0.256 e. The lowest BCUT2D eigenvalue weighted by atomic mass is 9.96. The van der Waals surface area contributed by atoms with E-state index in [0.717, 1.165) is 5.56 Å². The minimum atomic E-state index is -0.631. The minimum absolute atomic E-state index is 0.0307. The first-order valence-electron chi connectivity index (χ1n) is 9.15. The summed E-state index contributed by atoms with van der Waals surface area (Å²) < 4.78 is 10.2. The third-order valence-electron chi connectivity index (χ3n) is 5.12. The summed E-state index contributed by atoms with van der Waals surface area (Å²) in [7, 11) is 1.45. The fraction of sp³-hybridized carbons (Fsp3) is 0.350. The summed E-state index contributed by atoms with van der Waals surface area (Å²) in [6.45, 7) is 0.357. The van der Waals surface area contributed by atoms with Gasteiger partial charge >= 0.3 is 0 Å². The maximum Gasteiger partial charge on any atom is 0.256 e. The number of furan rings is 1. The molecule has 0 radical (unpaired) electrons. The van der Waals surface area contributed by atoms with E-state index in [9.17, 15) is 14.4 Å². The zero-order chi connectivity index (χ0) is 19.7. The first-order chi connectivity index (χ1) is 13.6. The average molecular weight is 383 g/mol. The standard InChI is InChI=1S/C20H21N3O5/c1-27-11-18(24)21-13-6-7-23-16(10-13)19(25)22-15-5-4-12(9-14(15)20(23)26)17-3-2-8-28-17/h2-5,8-9,13,16H,6-7,10-11H2,1H3,(H,21,24)(H,22,25)/t13-,16-/m0/s1. The van der Waals surface area contributed by atoms with Crippen molar-refractivity contribution < 1.29 is 23.5 Å². The van der Waals surface area contributed by atoms with Crippen LogP contribution in [0.5, 0.6) is 0 Å². The molecule has 8 nitrogen and oxygen atoms in total. The number of carbonyl (C=O) groups is 3. The van der Waals surface area contributed by atoms with Gasteiger partial charge in [-0.3, -0.25) is 14.4 Å². The van der Waals surface area contributed by atoms with Gasteiger partial charge in [0.1, 0.15) is 18.4 Å². The monoisotopic (exact) mass is 383 g/mol. The van der Waals surface area contributed by atoms with Crippen LogP contribution >= 0.6 is 0 Å². The normalized spacial score (nSPS) is 21.4. The molecular formula is C20H21N3O5. The number of hydrogen-bond donors (Lipinski definition) is 2. The van der Waals surface area contributed by atoms with E-state index in [0.29, 0.717) is 36.4 Å². The average Bonchev–Trinajstić information content (AvgIpc) is 3.19. The molecule has 2 N–H and O–H groups in total. The fourth-order valence-electron chi connectivity index (χ4n) is 3.79. The van der Waals surface area contributed by atoms with Crippen molar-refractivity contribution >= 4 is 23.4 Å². The van der Waals surface area contributed by atoms with E-state index in [1.807, 2.05) is 12.1 Å². The Morgan fingerprint density at radius 2 is 2.21 bits per heavy atom. The second kappa shape index (κ2) is 7.47. The number of fused-ring (bicyclic) bond motifs is 2. The van der Waals surface area contributed by atoms with Crippen molar-refractivity contribution in [2.45, 2.75) is 24.9 Å². The molecule has 1 aromatic heterocycles. The summed E-state index contributed by atoms with van der Waals surface area (Å²) in [5, 5.41) is 5.72. The first-order valence-corrected chi connectivity index (χ1v) is 9.15. The Kier molecular flexibility index (Phi) is 4.87. The van der Waals surface area contributed by atoms with Crippen molar-refractivity contribution in [2.24, 2.45) is 0 Å². The number of rotatable bonds is 4. The number of methoxy groups -OCH3 is 1. The molecule has 28 heavy (non-hydrogen) atoms. The van der Waals surface area contributed by atoms with Gasteiger partial charge in [0.15, 0.2) is 0 Å². The van der Waals surface area contributed by atoms with Crippen LogP contribution in [0.15, 0.2) is 41.0 Å². The maximum atomic E-state index is 13.2. The molecule has 3 heterocycles. The number of anilines is 1. The van der Waals surface area contributed by atoms with Crippen LogP contribution in [-0.2, 0) is 14.3 Å². The second-order valence-electron chi connectivity index (χ2n) is 6.96. The van der Waals surface area contributed by atoms with Gasteiger partial charge in [-0.05, 0) is 43.2 Å². The molecular weight excluding hydrogens is 362 g/mol. The first kappa shape index (κ1) is 18.2. The van der Waals surface area contributed by atoms with E-state index in [-0.39, 0.29) is 30.4 Å². The lowest BCUT2D eigenvalue weighted by Crippen LogP contribution is -2.55. The Balaban J connectivity index is 1.58. The van der Waals surface area contributed by atoms with Crippen molar-refractivity contribution in [3.63, 3.8) is 0 Å². The molecule has 2 atom stereocenters. The molecule has 0 unspecified atom stereocenters. The van der Waals surface area contributed by atoms with Gasteiger partial charge in [0.2, 0.25) is 11.8 Å². The Morgan fingerprint density at radius 1 is 1.36 bits per heavy atom. The van der Waals surface area contributed by atoms with Gasteiger partial charge in [-0.2, -0.15) is 0 Å². The van der Waals surface area contributed by atoms with Crippen LogP contribution in [0.1, 0.15) is 23.2 Å². The Labute approximate surface area is 161 Å². The largest absolute Gasteiger partial charge is 0.464 e. The van der Waals surface area contributed by atoms with Crippen molar-refractivity contribution in [2.75, 3.05) is 25.6 Å². The molecule has 0 bridgehead atoms. The summed E-state index contributed by atoms with van der Waals surface area (Å²) >= 11 is 0. The molecule has 0 aliphatic carbocycles. The number of hydrogen-bond acceptors (Lipinski definition) is 5. The highest BCUT2D eigenvalue weighted by atomic mass is 16.5. The van der Waals surface area contributed by atoms with Gasteiger partial charge in [0, 0.05) is 25.3 Å². The highest BCUT2D eigenvalue weighted by Gasteiger charge is 2.40. The van der Waals surface area contributed by atoms with Gasteiger partial charge < -0.3 is 24.7 Å². The van der Waals surface area contributed by atoms with Crippen molar-refractivity contribution in [3.05, 3.63) is 42.2 Å². The van der Waals surface area contributed by atoms with Crippen LogP contribution < -0.4 is 10.6 Å². The molecule has 2 aromatic rings. The number of amides is 3. The number of piperidine rings is 1. The fourth-order valence-corrected chi connectivity index (χ4v) is 3.79. The Hall–Kier alpha value is -3.13. The Bertz CT molecular complexity index is 909. The molecule has 2 aliphatic rings. The van der Waals surface area contributed by atoms with Crippen LogP contribution in [-0.4, -0.2) is 55.0 Å². The predicted octanol–water partition coefficient (Wildman–Crippen LogP) is 1.63. The van der Waals surface area contributed by atoms with Crippen LogP contribution in [0.4, 0.5) is 5.69 Å². The quantitative estimate of drug-likeness (QED) is 0.836. The topological polar surface area (TPSA) is 101 Å². The maximum absolute atomic E-state index is 13.2. The lowest BCUT2D eigenvalue weighted by molar-refractivity contribution is -0.127. The van der Waals surface area contributed by atoms with Gasteiger partial charge in [-0.25, -0.2) is 0 Å². The van der Waals surface area contributed by atoms with E-state index in [1.165, 1.54) is 7.11 Å². The second-order valence-corrected chi connectivity index (χ2v) is 6.96. The summed E-state index contributed by atoms with van der Waals surface area (Å²) in [5.74, 6) is -0.0214. The van der Waals surface area contributed by atoms with Crippen molar-refractivity contribution in [1.29, 1.82) is 0 Å². The molecule has 0 spiro atoms. The molecule has 0 saturated carbocycles. The van der Waals surface area contributed by atoms with E-state index in [1.54, 1.807) is 29.4 Å². The van der Waals surface area contributed by atoms with Crippen LogP contribution in [0.3, 0.4) is 0 Å². The third-order valence-corrected chi connectivity index (χ3v) is 5.12. The van der Waals surface area contributed by atoms with Gasteiger partial charge in [0.05, 0.1) is 17.5 Å². The lowest BCUT2D eigenvalue weighted by Gasteiger charge is -2.37. The number of nitrogens with zero attached hydrogens (tertiary/aromatic N) is 1. The Morgan fingerprint density at radius 3 is 2.96 bits per heavy atom. The zero-order valence-electron chi connectivity index (χ0n) is 15.4. The molecule has 1 fully saturated rings. The predicted molar refractivity (Wildman–Crippen MR) is 101 cm³/mol. The van der Waals surface area contributed by atoms with Crippen molar-refractivity contribution in [1.82, 2.24) is 10.2 Å². The zero-order valence-corrected chi connectivity index (χ0v) is 15.4. The summed E-state index contributed by atoms with van der Waals surface area (Å²) in [6, 6.07) is 8.06. The van der Waals surface area contributed by atoms with Gasteiger partial charge in [-0.15, -0.1) is 0 Å². The highest BCUT2D eigenvalue weighted by molar-refractivity contribution is 6.10. The third kappa shape index (κ3) is 3.38. The summed E-state index contributed by atoms with van der Waals surface area (Å²) in [4.78, 5) is 39.3. The minimum Gasteiger partial charge on any atom is -0.464 e. The molecule has 2 aliphatic heterocycles. The van der Waals surface area contributed by atoms with E-state index < -0.39 is 6.04 Å². The van der Waals surface area contributed by atoms with Crippen LogP contribution in [0.25, 0.3) is 11.3 Å². The van der Waals surface area contributed by atoms with Crippen molar-refractivity contribution in [3.8, 4) is 11.3 Å². The number of carbonyl (C=O) groups excluding carboxylic acids is 3. The van der Waals surface area contributed by atoms with Crippen LogP contribution in [0.2, 0.25) is 0 Å². The molecule has 1 aromatic carbocycles. The highest BCUT2D eigenvalue weighted by Crippen LogP contribution is 2.31. The van der Waals surface area contributed by atoms with E-state index in [4.69, 9.17) is 9.15 Å². The molecule has 1 saturated heterocycles. The summed E-state index contributed by atoms with van der Waals surface area (Å²) in [6.07, 6.45) is 2.52. The number of benzene rings is 1. The number of ether oxygens (including phenoxy) is 1.